The van der Waals surface area contributed by atoms with Gasteiger partial charge in [-0.2, -0.15) is 0 Å². The molecule has 0 radical (unpaired) electrons. The SMILES string of the molecule is Cc1c(F)cccc1-c1ccc2nc(N)c(C(=O)[C@H]3C[C@@H]3F)n2c1. The van der Waals surface area contributed by atoms with Crippen molar-refractivity contribution in [3.8, 4) is 11.1 Å². The summed E-state index contributed by atoms with van der Waals surface area (Å²) in [4.78, 5) is 16.6. The van der Waals surface area contributed by atoms with Crippen LogP contribution in [0.4, 0.5) is 14.6 Å². The second-order valence-corrected chi connectivity index (χ2v) is 6.13. The van der Waals surface area contributed by atoms with Gasteiger partial charge in [0.05, 0.1) is 5.92 Å². The zero-order chi connectivity index (χ0) is 17.0. The van der Waals surface area contributed by atoms with E-state index in [0.29, 0.717) is 11.2 Å². The van der Waals surface area contributed by atoms with Gasteiger partial charge in [0.1, 0.15) is 23.3 Å². The minimum absolute atomic E-state index is 0.0900. The predicted molar refractivity (Wildman–Crippen MR) is 87.1 cm³/mol. The number of nitrogens with two attached hydrogens (primary N) is 1. The molecule has 0 unspecified atom stereocenters. The van der Waals surface area contributed by atoms with E-state index >= 15 is 0 Å². The molecule has 122 valence electrons. The van der Waals surface area contributed by atoms with Crippen molar-refractivity contribution in [3.05, 3.63) is 53.6 Å². The number of aromatic nitrogens is 2. The van der Waals surface area contributed by atoms with Crippen LogP contribution in [0.2, 0.25) is 0 Å². The molecule has 4 rings (SSSR count). The number of anilines is 1. The van der Waals surface area contributed by atoms with Crippen molar-refractivity contribution in [3.63, 3.8) is 0 Å². The Hall–Kier alpha value is -2.76. The third-order valence-corrected chi connectivity index (χ3v) is 4.51. The Morgan fingerprint density at radius 1 is 1.33 bits per heavy atom. The minimum Gasteiger partial charge on any atom is -0.382 e. The van der Waals surface area contributed by atoms with Gasteiger partial charge < -0.3 is 5.73 Å². The fourth-order valence-corrected chi connectivity index (χ4v) is 3.00. The van der Waals surface area contributed by atoms with Crippen LogP contribution in [-0.4, -0.2) is 21.3 Å². The van der Waals surface area contributed by atoms with Crippen molar-refractivity contribution in [1.82, 2.24) is 9.38 Å². The van der Waals surface area contributed by atoms with Gasteiger partial charge in [0.15, 0.2) is 11.6 Å². The molecule has 0 bridgehead atoms. The molecule has 0 saturated heterocycles. The van der Waals surface area contributed by atoms with Gasteiger partial charge >= 0.3 is 0 Å². The molecule has 24 heavy (non-hydrogen) atoms. The van der Waals surface area contributed by atoms with Crippen molar-refractivity contribution in [1.29, 1.82) is 0 Å². The van der Waals surface area contributed by atoms with E-state index in [1.54, 1.807) is 41.8 Å². The van der Waals surface area contributed by atoms with Gasteiger partial charge in [0.25, 0.3) is 0 Å². The summed E-state index contributed by atoms with van der Waals surface area (Å²) in [5, 5.41) is 0. The van der Waals surface area contributed by atoms with Crippen LogP contribution >= 0.6 is 0 Å². The molecule has 0 amide bonds. The number of nitrogens with zero attached hydrogens (tertiary/aromatic N) is 2. The van der Waals surface area contributed by atoms with E-state index in [0.717, 1.165) is 11.1 Å². The number of benzene rings is 1. The fourth-order valence-electron chi connectivity index (χ4n) is 3.00. The first-order valence-corrected chi connectivity index (χ1v) is 7.68. The van der Waals surface area contributed by atoms with Crippen LogP contribution in [0.3, 0.4) is 0 Å². The molecule has 4 nitrogen and oxygen atoms in total. The Morgan fingerprint density at radius 2 is 2.08 bits per heavy atom. The maximum atomic E-state index is 13.8. The molecule has 3 aromatic rings. The Balaban J connectivity index is 1.88. The number of hydrogen-bond donors (Lipinski definition) is 1. The largest absolute Gasteiger partial charge is 0.382 e. The van der Waals surface area contributed by atoms with Crippen LogP contribution in [0.5, 0.6) is 0 Å². The molecule has 1 fully saturated rings. The van der Waals surface area contributed by atoms with E-state index in [1.807, 2.05) is 0 Å². The highest BCUT2D eigenvalue weighted by Crippen LogP contribution is 2.38. The summed E-state index contributed by atoms with van der Waals surface area (Å²) in [6.07, 6.45) is 0.827. The van der Waals surface area contributed by atoms with Gasteiger partial charge in [-0.3, -0.25) is 9.20 Å². The number of carbonyl (C=O) groups excluding carboxylic acids is 1. The number of fused-ring (bicyclic) bond motifs is 1. The van der Waals surface area contributed by atoms with Gasteiger partial charge in [0, 0.05) is 6.20 Å². The van der Waals surface area contributed by atoms with Crippen molar-refractivity contribution in [2.45, 2.75) is 19.5 Å². The number of alkyl halides is 1. The number of Topliss-reactive ketones (excluding diaryl/α,β-unsaturated/α-hetero) is 1. The Morgan fingerprint density at radius 3 is 2.79 bits per heavy atom. The minimum atomic E-state index is -1.10. The summed E-state index contributed by atoms with van der Waals surface area (Å²) in [5.74, 6) is -1.17. The lowest BCUT2D eigenvalue weighted by molar-refractivity contribution is 0.0952. The maximum absolute atomic E-state index is 13.8. The molecule has 0 spiro atoms. The summed E-state index contributed by atoms with van der Waals surface area (Å²) in [5.41, 5.74) is 8.55. The normalized spacial score (nSPS) is 19.6. The lowest BCUT2D eigenvalue weighted by atomic mass is 10.0. The number of rotatable bonds is 3. The lowest BCUT2D eigenvalue weighted by Crippen LogP contribution is -2.10. The van der Waals surface area contributed by atoms with Crippen molar-refractivity contribution >= 4 is 17.2 Å². The zero-order valence-electron chi connectivity index (χ0n) is 13.0. The molecule has 1 aliphatic carbocycles. The molecule has 1 aromatic carbocycles. The highest BCUT2D eigenvalue weighted by Gasteiger charge is 2.45. The second kappa shape index (κ2) is 5.12. The summed E-state index contributed by atoms with van der Waals surface area (Å²) >= 11 is 0. The monoisotopic (exact) mass is 327 g/mol. The molecule has 1 saturated carbocycles. The quantitative estimate of drug-likeness (QED) is 0.748. The first kappa shape index (κ1) is 14.8. The van der Waals surface area contributed by atoms with Crippen LogP contribution in [0.1, 0.15) is 22.5 Å². The first-order valence-electron chi connectivity index (χ1n) is 7.68. The molecule has 2 heterocycles. The second-order valence-electron chi connectivity index (χ2n) is 6.13. The van der Waals surface area contributed by atoms with E-state index in [4.69, 9.17) is 5.73 Å². The zero-order valence-corrected chi connectivity index (χ0v) is 13.0. The van der Waals surface area contributed by atoms with Crippen LogP contribution in [-0.2, 0) is 0 Å². The molecule has 2 aromatic heterocycles. The molecule has 2 N–H and O–H groups in total. The summed E-state index contributed by atoms with van der Waals surface area (Å²) in [6, 6.07) is 8.35. The molecule has 1 aliphatic rings. The summed E-state index contributed by atoms with van der Waals surface area (Å²) in [7, 11) is 0. The predicted octanol–water partition coefficient (Wildman–Crippen LogP) is 3.57. The topological polar surface area (TPSA) is 60.4 Å². The number of carbonyl (C=O) groups is 1. The van der Waals surface area contributed by atoms with Crippen LogP contribution in [0, 0.1) is 18.7 Å². The first-order chi connectivity index (χ1) is 11.5. The molecular weight excluding hydrogens is 312 g/mol. The Bertz CT molecular complexity index is 980. The van der Waals surface area contributed by atoms with Gasteiger partial charge in [-0.15, -0.1) is 0 Å². The molecule has 2 atom stereocenters. The summed E-state index contributed by atoms with van der Waals surface area (Å²) < 4.78 is 28.6. The highest BCUT2D eigenvalue weighted by atomic mass is 19.1. The Kier molecular flexibility index (Phi) is 3.16. The average Bonchev–Trinajstić information content (AvgIpc) is 3.19. The van der Waals surface area contributed by atoms with Crippen LogP contribution in [0.25, 0.3) is 16.8 Å². The van der Waals surface area contributed by atoms with Crippen molar-refractivity contribution in [2.75, 3.05) is 5.73 Å². The standard InChI is InChI=1S/C18H15F2N3O/c1-9-11(3-2-4-13(9)19)10-5-6-15-22-18(21)16(23(15)8-10)17(24)12-7-14(12)20/h2-6,8,12,14H,7,21H2,1H3/t12-,14-/m0/s1. The summed E-state index contributed by atoms with van der Waals surface area (Å²) in [6.45, 7) is 1.70. The number of halogens is 2. The van der Waals surface area contributed by atoms with Crippen LogP contribution < -0.4 is 5.73 Å². The van der Waals surface area contributed by atoms with E-state index in [9.17, 15) is 13.6 Å². The van der Waals surface area contributed by atoms with Gasteiger partial charge in [-0.1, -0.05) is 12.1 Å². The van der Waals surface area contributed by atoms with E-state index < -0.39 is 12.1 Å². The smallest absolute Gasteiger partial charge is 0.189 e. The van der Waals surface area contributed by atoms with Gasteiger partial charge in [-0.05, 0) is 48.2 Å². The number of hydrogen-bond acceptors (Lipinski definition) is 3. The average molecular weight is 327 g/mol. The third kappa shape index (κ3) is 2.18. The van der Waals surface area contributed by atoms with Crippen molar-refractivity contribution < 1.29 is 13.6 Å². The van der Waals surface area contributed by atoms with E-state index in [2.05, 4.69) is 4.98 Å². The van der Waals surface area contributed by atoms with E-state index in [1.165, 1.54) is 6.07 Å². The molecule has 6 heteroatoms. The van der Waals surface area contributed by atoms with Gasteiger partial charge in [0.2, 0.25) is 0 Å². The number of pyridine rings is 1. The van der Waals surface area contributed by atoms with Crippen molar-refractivity contribution in [2.24, 2.45) is 5.92 Å². The fraction of sp³-hybridized carbons (Fsp3) is 0.222. The lowest BCUT2D eigenvalue weighted by Gasteiger charge is -2.08. The number of nitrogen functional groups attached to an aromatic ring is 1. The van der Waals surface area contributed by atoms with Gasteiger partial charge in [-0.25, -0.2) is 13.8 Å². The van der Waals surface area contributed by atoms with Crippen LogP contribution in [0.15, 0.2) is 36.5 Å². The number of ketones is 1. The highest BCUT2D eigenvalue weighted by molar-refractivity contribution is 6.03. The molecular formula is C18H15F2N3O. The maximum Gasteiger partial charge on any atom is 0.189 e. The number of imidazole rings is 1. The van der Waals surface area contributed by atoms with E-state index in [-0.39, 0.29) is 29.5 Å². The molecule has 0 aliphatic heterocycles. The third-order valence-electron chi connectivity index (χ3n) is 4.51. The Labute approximate surface area is 136 Å².